The van der Waals surface area contributed by atoms with E-state index in [2.05, 4.69) is 70.4 Å². The number of fused-ring (bicyclic) bond motifs is 1. The lowest BCUT2D eigenvalue weighted by Gasteiger charge is -2.19. The van der Waals surface area contributed by atoms with E-state index in [1.807, 2.05) is 28.8 Å². The Morgan fingerprint density at radius 2 is 1.65 bits per heavy atom. The molecular formula is C28H32N4O2. The number of imidazole rings is 1. The number of hydrogen-bond acceptors (Lipinski definition) is 3. The molecule has 176 valence electrons. The summed E-state index contributed by atoms with van der Waals surface area (Å²) < 4.78 is 4.55. The van der Waals surface area contributed by atoms with Gasteiger partial charge in [0.15, 0.2) is 11.2 Å². The molecule has 0 aliphatic carbocycles. The fourth-order valence-electron chi connectivity index (χ4n) is 4.14. The fourth-order valence-corrected chi connectivity index (χ4v) is 4.14. The van der Waals surface area contributed by atoms with Crippen LogP contribution >= 0.6 is 0 Å². The van der Waals surface area contributed by atoms with Crippen LogP contribution in [0.2, 0.25) is 0 Å². The van der Waals surface area contributed by atoms with E-state index in [9.17, 15) is 9.59 Å². The Morgan fingerprint density at radius 3 is 2.21 bits per heavy atom. The van der Waals surface area contributed by atoms with Gasteiger partial charge in [-0.15, -0.1) is 6.58 Å². The normalized spacial score (nSPS) is 11.9. The first-order valence-electron chi connectivity index (χ1n) is 11.6. The van der Waals surface area contributed by atoms with Crippen molar-refractivity contribution >= 4 is 11.2 Å². The zero-order valence-electron chi connectivity index (χ0n) is 20.6. The average Bonchev–Trinajstić information content (AvgIpc) is 3.20. The second-order valence-corrected chi connectivity index (χ2v) is 10.1. The van der Waals surface area contributed by atoms with Crippen LogP contribution in [0, 0.1) is 0 Å². The quantitative estimate of drug-likeness (QED) is 0.384. The lowest BCUT2D eigenvalue weighted by atomic mass is 9.87. The van der Waals surface area contributed by atoms with Gasteiger partial charge >= 0.3 is 5.69 Å². The van der Waals surface area contributed by atoms with Crippen LogP contribution in [0.25, 0.3) is 16.9 Å². The first kappa shape index (κ1) is 23.5. The Balaban J connectivity index is 1.87. The van der Waals surface area contributed by atoms with Gasteiger partial charge in [0.1, 0.15) is 0 Å². The molecule has 2 heterocycles. The van der Waals surface area contributed by atoms with Gasteiger partial charge in [0.05, 0.1) is 12.0 Å². The molecular weight excluding hydrogens is 424 g/mol. The predicted octanol–water partition coefficient (Wildman–Crippen LogP) is 5.00. The number of rotatable bonds is 6. The van der Waals surface area contributed by atoms with E-state index in [0.29, 0.717) is 29.3 Å². The zero-order chi connectivity index (χ0) is 24.6. The van der Waals surface area contributed by atoms with Crippen molar-refractivity contribution in [2.24, 2.45) is 0 Å². The Kier molecular flexibility index (Phi) is 6.17. The first-order chi connectivity index (χ1) is 16.1. The third kappa shape index (κ3) is 4.28. The summed E-state index contributed by atoms with van der Waals surface area (Å²) in [6.07, 6.45) is 3.20. The highest BCUT2D eigenvalue weighted by Crippen LogP contribution is 2.23. The van der Waals surface area contributed by atoms with E-state index >= 15 is 0 Å². The van der Waals surface area contributed by atoms with E-state index in [0.717, 1.165) is 5.56 Å². The van der Waals surface area contributed by atoms with Gasteiger partial charge in [-0.05, 0) is 40.2 Å². The summed E-state index contributed by atoms with van der Waals surface area (Å²) in [4.78, 5) is 31.2. The van der Waals surface area contributed by atoms with E-state index < -0.39 is 5.69 Å². The van der Waals surface area contributed by atoms with E-state index in [1.165, 1.54) is 20.3 Å². The van der Waals surface area contributed by atoms with Crippen molar-refractivity contribution in [2.75, 3.05) is 0 Å². The summed E-state index contributed by atoms with van der Waals surface area (Å²) in [5.74, 6) is 0.379. The minimum absolute atomic E-state index is 0.0693. The second-order valence-electron chi connectivity index (χ2n) is 10.1. The third-order valence-electron chi connectivity index (χ3n) is 6.20. The van der Waals surface area contributed by atoms with Gasteiger partial charge in [0, 0.05) is 13.1 Å². The van der Waals surface area contributed by atoms with Crippen molar-refractivity contribution in [2.45, 2.75) is 59.0 Å². The zero-order valence-corrected chi connectivity index (χ0v) is 20.6. The molecule has 0 atom stereocenters. The summed E-state index contributed by atoms with van der Waals surface area (Å²) in [6.45, 7) is 15.1. The van der Waals surface area contributed by atoms with Crippen molar-refractivity contribution < 1.29 is 0 Å². The Morgan fingerprint density at radius 1 is 1.00 bits per heavy atom. The third-order valence-corrected chi connectivity index (χ3v) is 6.20. The minimum atomic E-state index is -0.422. The molecule has 0 aliphatic heterocycles. The number of benzene rings is 2. The van der Waals surface area contributed by atoms with Gasteiger partial charge in [0.2, 0.25) is 0 Å². The van der Waals surface area contributed by atoms with Gasteiger partial charge in [-0.3, -0.25) is 9.36 Å². The van der Waals surface area contributed by atoms with Crippen LogP contribution in [0.5, 0.6) is 0 Å². The first-order valence-corrected chi connectivity index (χ1v) is 11.6. The largest absolute Gasteiger partial charge is 0.337 e. The van der Waals surface area contributed by atoms with Crippen LogP contribution in [0.4, 0.5) is 0 Å². The van der Waals surface area contributed by atoms with E-state index in [4.69, 9.17) is 0 Å². The SMILES string of the molecule is C=CCn1c(=O)c2c(ncn2Cc2ccc(C(C)(C)C)cc2)n(-c2ccc(C(C)C)cc2)c1=O. The maximum absolute atomic E-state index is 13.4. The van der Waals surface area contributed by atoms with Crippen LogP contribution in [0.1, 0.15) is 57.2 Å². The van der Waals surface area contributed by atoms with Crippen LogP contribution in [0.15, 0.2) is 77.1 Å². The molecule has 0 fully saturated rings. The maximum Gasteiger partial charge on any atom is 0.337 e. The van der Waals surface area contributed by atoms with E-state index in [1.54, 1.807) is 12.4 Å². The minimum Gasteiger partial charge on any atom is -0.320 e. The molecule has 0 radical (unpaired) electrons. The Hall–Kier alpha value is -3.67. The maximum atomic E-state index is 13.4. The number of hydrogen-bond donors (Lipinski definition) is 0. The van der Waals surface area contributed by atoms with Gasteiger partial charge in [-0.1, -0.05) is 77.1 Å². The standard InChI is InChI=1S/C28H32N4O2/c1-7-16-31-26(33)24-25(32(27(31)34)23-14-10-21(11-15-23)19(2)3)29-18-30(24)17-20-8-12-22(13-9-20)28(4,5)6/h7-15,18-19H,1,16-17H2,2-6H3. The number of aromatic nitrogens is 4. The Labute approximate surface area is 199 Å². The molecule has 0 aliphatic rings. The van der Waals surface area contributed by atoms with Gasteiger partial charge in [-0.2, -0.15) is 0 Å². The van der Waals surface area contributed by atoms with Crippen LogP contribution in [0.3, 0.4) is 0 Å². The summed E-state index contributed by atoms with van der Waals surface area (Å²) in [5.41, 5.74) is 4.20. The summed E-state index contributed by atoms with van der Waals surface area (Å²) >= 11 is 0. The van der Waals surface area contributed by atoms with E-state index in [-0.39, 0.29) is 17.5 Å². The summed E-state index contributed by atoms with van der Waals surface area (Å²) in [5, 5.41) is 0. The summed E-state index contributed by atoms with van der Waals surface area (Å²) in [6, 6.07) is 16.2. The van der Waals surface area contributed by atoms with Crippen LogP contribution in [-0.4, -0.2) is 18.7 Å². The molecule has 6 nitrogen and oxygen atoms in total. The molecule has 0 saturated carbocycles. The van der Waals surface area contributed by atoms with Crippen LogP contribution < -0.4 is 11.2 Å². The molecule has 2 aromatic carbocycles. The van der Waals surface area contributed by atoms with Crippen molar-refractivity contribution in [3.63, 3.8) is 0 Å². The molecule has 4 aromatic rings. The average molecular weight is 457 g/mol. The number of nitrogens with zero attached hydrogens (tertiary/aromatic N) is 4. The highest BCUT2D eigenvalue weighted by Gasteiger charge is 2.19. The molecule has 0 bridgehead atoms. The lowest BCUT2D eigenvalue weighted by Crippen LogP contribution is -2.39. The molecule has 0 unspecified atom stereocenters. The topological polar surface area (TPSA) is 61.8 Å². The van der Waals surface area contributed by atoms with Crippen molar-refractivity contribution in [1.29, 1.82) is 0 Å². The highest BCUT2D eigenvalue weighted by atomic mass is 16.2. The molecule has 0 saturated heterocycles. The van der Waals surface area contributed by atoms with Crippen molar-refractivity contribution in [3.8, 4) is 5.69 Å². The Bertz CT molecular complexity index is 1440. The molecule has 0 amide bonds. The molecule has 6 heteroatoms. The molecule has 2 aromatic heterocycles. The molecule has 0 spiro atoms. The van der Waals surface area contributed by atoms with Gasteiger partial charge < -0.3 is 4.57 Å². The van der Waals surface area contributed by atoms with Gasteiger partial charge in [0.25, 0.3) is 5.56 Å². The fraction of sp³-hybridized carbons (Fsp3) is 0.321. The number of allylic oxidation sites excluding steroid dienone is 1. The van der Waals surface area contributed by atoms with Crippen LogP contribution in [-0.2, 0) is 18.5 Å². The summed E-state index contributed by atoms with van der Waals surface area (Å²) in [7, 11) is 0. The molecule has 4 rings (SSSR count). The second kappa shape index (κ2) is 8.93. The molecule has 0 N–H and O–H groups in total. The van der Waals surface area contributed by atoms with Crippen molar-refractivity contribution in [1.82, 2.24) is 18.7 Å². The smallest absolute Gasteiger partial charge is 0.320 e. The monoisotopic (exact) mass is 456 g/mol. The highest BCUT2D eigenvalue weighted by molar-refractivity contribution is 5.72. The molecule has 34 heavy (non-hydrogen) atoms. The lowest BCUT2D eigenvalue weighted by molar-refractivity contribution is 0.590. The predicted molar refractivity (Wildman–Crippen MR) is 138 cm³/mol. The van der Waals surface area contributed by atoms with Gasteiger partial charge in [-0.25, -0.2) is 14.3 Å². The van der Waals surface area contributed by atoms with Crippen molar-refractivity contribution in [3.05, 3.63) is 105 Å².